The zero-order valence-electron chi connectivity index (χ0n) is 29.6. The molecule has 1 aliphatic heterocycles. The minimum absolute atomic E-state index is 0.00623. The maximum absolute atomic E-state index is 13.6. The molecule has 2 aliphatic rings. The number of carbonyl (C=O) groups is 3. The predicted molar refractivity (Wildman–Crippen MR) is 192 cm³/mol. The number of halogens is 4. The van der Waals surface area contributed by atoms with Crippen LogP contribution in [0.5, 0.6) is 11.5 Å². The van der Waals surface area contributed by atoms with Crippen molar-refractivity contribution in [2.45, 2.75) is 32.0 Å². The number of amides is 2. The average molecular weight is 817 g/mol. The van der Waals surface area contributed by atoms with Crippen LogP contribution in [0.25, 0.3) is 0 Å². The Morgan fingerprint density at radius 1 is 1.02 bits per heavy atom. The third kappa shape index (κ3) is 10.3. The van der Waals surface area contributed by atoms with E-state index in [1.54, 1.807) is 7.11 Å². The number of rotatable bonds is 20. The highest BCUT2D eigenvalue weighted by molar-refractivity contribution is 7.92. The van der Waals surface area contributed by atoms with Crippen molar-refractivity contribution in [3.05, 3.63) is 81.1 Å². The van der Waals surface area contributed by atoms with E-state index in [0.29, 0.717) is 23.6 Å². The van der Waals surface area contributed by atoms with Gasteiger partial charge in [0, 0.05) is 43.5 Å². The number of hydrogen-bond donors (Lipinski definition) is 1. The molecule has 5 rings (SSSR count). The molecule has 54 heavy (non-hydrogen) atoms. The summed E-state index contributed by atoms with van der Waals surface area (Å²) in [5, 5.41) is 3.36. The van der Waals surface area contributed by atoms with Crippen LogP contribution in [0, 0.1) is 5.92 Å². The summed E-state index contributed by atoms with van der Waals surface area (Å²) in [6.07, 6.45) is 4.44. The molecule has 1 aromatic heterocycles. The van der Waals surface area contributed by atoms with Crippen LogP contribution in [0.3, 0.4) is 0 Å². The van der Waals surface area contributed by atoms with Gasteiger partial charge in [0.25, 0.3) is 11.8 Å². The first kappa shape index (κ1) is 40.9. The van der Waals surface area contributed by atoms with E-state index in [-0.39, 0.29) is 76.0 Å². The minimum atomic E-state index is -3.79. The van der Waals surface area contributed by atoms with Gasteiger partial charge in [-0.3, -0.25) is 28.4 Å². The van der Waals surface area contributed by atoms with Crippen molar-refractivity contribution in [3.63, 3.8) is 0 Å². The molecule has 14 nitrogen and oxygen atoms in total. The number of carbonyl (C=O) groups excluding carboxylic acids is 3. The number of fused-ring (bicyclic) bond motifs is 1. The van der Waals surface area contributed by atoms with Crippen molar-refractivity contribution < 1.29 is 60.1 Å². The normalized spacial score (nSPS) is 14.6. The van der Waals surface area contributed by atoms with Crippen LogP contribution in [0.2, 0.25) is 10.0 Å². The number of pyridine rings is 1. The first-order chi connectivity index (χ1) is 25.7. The van der Waals surface area contributed by atoms with E-state index in [0.717, 1.165) is 23.4 Å². The van der Waals surface area contributed by atoms with Gasteiger partial charge in [0.05, 0.1) is 36.3 Å². The Bertz CT molecular complexity index is 1960. The Morgan fingerprint density at radius 3 is 2.35 bits per heavy atom. The number of benzene rings is 2. The Balaban J connectivity index is 1.39. The summed E-state index contributed by atoms with van der Waals surface area (Å²) < 4.78 is 75.5. The van der Waals surface area contributed by atoms with Gasteiger partial charge in [0.1, 0.15) is 29.8 Å². The lowest BCUT2D eigenvalue weighted by molar-refractivity contribution is -0.885. The third-order valence-corrected chi connectivity index (χ3v) is 10.4. The lowest BCUT2D eigenvalue weighted by Gasteiger charge is -2.23. The monoisotopic (exact) mass is 815 g/mol. The van der Waals surface area contributed by atoms with Gasteiger partial charge in [-0.1, -0.05) is 29.3 Å². The fourth-order valence-corrected chi connectivity index (χ4v) is 7.15. The summed E-state index contributed by atoms with van der Waals surface area (Å²) in [5.41, 5.74) is 0.664. The van der Waals surface area contributed by atoms with Crippen LogP contribution in [-0.4, -0.2) is 97.6 Å². The Hall–Kier alpha value is -4.29. The van der Waals surface area contributed by atoms with Crippen molar-refractivity contribution in [1.82, 2.24) is 10.2 Å². The largest absolute Gasteiger partial charge is 0.489 e. The maximum atomic E-state index is 13.6. The van der Waals surface area contributed by atoms with Crippen molar-refractivity contribution in [2.24, 2.45) is 5.92 Å². The van der Waals surface area contributed by atoms with Crippen molar-refractivity contribution in [1.29, 1.82) is 0 Å². The van der Waals surface area contributed by atoms with Crippen LogP contribution < -0.4 is 28.7 Å². The number of alkyl halides is 2. The second-order valence-electron chi connectivity index (χ2n) is 12.5. The van der Waals surface area contributed by atoms with E-state index in [9.17, 15) is 31.6 Å². The number of esters is 1. The van der Waals surface area contributed by atoms with Gasteiger partial charge < -0.3 is 24.3 Å². The zero-order chi connectivity index (χ0) is 39.2. The van der Waals surface area contributed by atoms with Crippen LogP contribution >= 0.6 is 23.2 Å². The topological polar surface area (TPSA) is 154 Å². The Kier molecular flexibility index (Phi) is 13.6. The fourth-order valence-electron chi connectivity index (χ4n) is 5.64. The van der Waals surface area contributed by atoms with Crippen LogP contribution in [0.1, 0.15) is 50.8 Å². The lowest BCUT2D eigenvalue weighted by atomic mass is 10.0. The number of hydrogen-bond acceptors (Lipinski definition) is 11. The summed E-state index contributed by atoms with van der Waals surface area (Å²) in [6.45, 7) is -2.45. The minimum Gasteiger partial charge on any atom is -0.489 e. The summed E-state index contributed by atoms with van der Waals surface area (Å²) in [7, 11) is -0.850. The maximum Gasteiger partial charge on any atom is 0.387 e. The van der Waals surface area contributed by atoms with E-state index < -0.39 is 47.1 Å². The zero-order valence-corrected chi connectivity index (χ0v) is 31.9. The van der Waals surface area contributed by atoms with Crippen molar-refractivity contribution in [2.75, 3.05) is 64.2 Å². The molecule has 1 atom stereocenters. The molecular formula is C35H39Cl2F2N4O10S+. The molecule has 292 valence electrons. The van der Waals surface area contributed by atoms with E-state index in [1.807, 2.05) is 0 Å². The van der Waals surface area contributed by atoms with Gasteiger partial charge in [0.2, 0.25) is 22.4 Å². The SMILES string of the molecule is COCCNCCN(c1ccc2c(c1)C(=O)N(CC(=O)O[C@@H](Cc1c(Cl)c[n+](OC)cc1Cl)c1ccc(OC(F)F)c(OCC3CC3)c1)C2=O)S(C)(=O)=O. The Morgan fingerprint density at radius 2 is 1.72 bits per heavy atom. The summed E-state index contributed by atoms with van der Waals surface area (Å²) in [4.78, 5) is 46.4. The summed E-state index contributed by atoms with van der Waals surface area (Å²) in [6, 6.07) is 8.09. The number of anilines is 1. The predicted octanol–water partition coefficient (Wildman–Crippen LogP) is 3.85. The third-order valence-electron chi connectivity index (χ3n) is 8.56. The average Bonchev–Trinajstić information content (AvgIpc) is 3.92. The van der Waals surface area contributed by atoms with E-state index in [1.165, 1.54) is 60.6 Å². The van der Waals surface area contributed by atoms with Crippen LogP contribution in [0.4, 0.5) is 14.5 Å². The van der Waals surface area contributed by atoms with Crippen molar-refractivity contribution in [3.8, 4) is 11.5 Å². The number of sulfonamides is 1. The summed E-state index contributed by atoms with van der Waals surface area (Å²) >= 11 is 13.0. The van der Waals surface area contributed by atoms with Crippen LogP contribution in [0.15, 0.2) is 48.8 Å². The number of aromatic nitrogens is 1. The molecule has 1 saturated carbocycles. The number of imide groups is 1. The molecule has 0 saturated heterocycles. The highest BCUT2D eigenvalue weighted by Gasteiger charge is 2.38. The number of nitrogens with zero attached hydrogens (tertiary/aromatic N) is 3. The van der Waals surface area contributed by atoms with Gasteiger partial charge in [-0.2, -0.15) is 8.78 Å². The lowest BCUT2D eigenvalue weighted by Crippen LogP contribution is -2.40. The molecule has 1 aliphatic carbocycles. The molecule has 0 radical (unpaired) electrons. The number of methoxy groups -OCH3 is 1. The van der Waals surface area contributed by atoms with E-state index in [4.69, 9.17) is 42.3 Å². The molecule has 0 spiro atoms. The molecule has 1 N–H and O–H groups in total. The first-order valence-electron chi connectivity index (χ1n) is 16.7. The van der Waals surface area contributed by atoms with Gasteiger partial charge in [-0.25, -0.2) is 8.42 Å². The molecule has 2 heterocycles. The Labute approximate surface area is 320 Å². The van der Waals surface area contributed by atoms with Crippen LogP contribution in [-0.2, 0) is 30.7 Å². The van der Waals surface area contributed by atoms with Gasteiger partial charge >= 0.3 is 12.6 Å². The molecular weight excluding hydrogens is 777 g/mol. The second kappa shape index (κ2) is 17.9. The van der Waals surface area contributed by atoms with Crippen molar-refractivity contribution >= 4 is 56.7 Å². The molecule has 0 bridgehead atoms. The number of ether oxygens (including phenoxy) is 4. The molecule has 2 amide bonds. The first-order valence-corrected chi connectivity index (χ1v) is 19.3. The highest BCUT2D eigenvalue weighted by Crippen LogP contribution is 2.38. The molecule has 0 unspecified atom stereocenters. The molecule has 3 aromatic rings. The number of nitrogens with one attached hydrogen (secondary N) is 1. The van der Waals surface area contributed by atoms with Gasteiger partial charge in [-0.05, 0) is 54.7 Å². The smallest absolute Gasteiger partial charge is 0.387 e. The van der Waals surface area contributed by atoms with Gasteiger partial charge in [0.15, 0.2) is 11.5 Å². The van der Waals surface area contributed by atoms with Gasteiger partial charge in [-0.15, -0.1) is 0 Å². The van der Waals surface area contributed by atoms with E-state index >= 15 is 0 Å². The summed E-state index contributed by atoms with van der Waals surface area (Å²) in [5.74, 6) is -2.58. The molecule has 2 aromatic carbocycles. The molecule has 19 heteroatoms. The highest BCUT2D eigenvalue weighted by atomic mass is 35.5. The second-order valence-corrected chi connectivity index (χ2v) is 15.2. The van der Waals surface area contributed by atoms with E-state index in [2.05, 4.69) is 10.1 Å². The molecule has 1 fully saturated rings. The standard InChI is InChI=1S/C35H39Cl2F2N4O10S/c1-49-13-11-40-10-12-43(54(3,47)48)23-7-8-24-25(15-23)34(46)42(33(24)45)19-32(44)52-30(16-26-27(36)17-41(50-2)18-28(26)37)22-6-9-29(53-35(38)39)31(14-22)51-20-21-4-5-21/h6-9,14-15,17-18,21,30,35,40H,4-5,10-13,16,19-20H2,1-3H3/q+1/t30-/m0/s1. The quantitative estimate of drug-likeness (QED) is 0.0766. The fraction of sp³-hybridized carbons (Fsp3) is 0.429.